The third kappa shape index (κ3) is 6.80. The highest BCUT2D eigenvalue weighted by Crippen LogP contribution is 2.11. The fraction of sp³-hybridized carbons (Fsp3) is 0.333. The summed E-state index contributed by atoms with van der Waals surface area (Å²) in [4.78, 5) is 0. The van der Waals surface area contributed by atoms with Gasteiger partial charge in [0.05, 0.1) is 0 Å². The molecule has 0 aliphatic heterocycles. The van der Waals surface area contributed by atoms with Gasteiger partial charge in [-0.05, 0) is 25.0 Å². The van der Waals surface area contributed by atoms with Crippen molar-refractivity contribution >= 4 is 24.8 Å². The van der Waals surface area contributed by atoms with E-state index in [0.29, 0.717) is 12.1 Å². The molecule has 2 nitrogen and oxygen atoms in total. The van der Waals surface area contributed by atoms with Crippen LogP contribution in [-0.2, 0) is 0 Å². The molecule has 0 saturated heterocycles. The molecule has 0 heterocycles. The Morgan fingerprint density at radius 1 is 0.636 bits per heavy atom. The van der Waals surface area contributed by atoms with Crippen LogP contribution in [0.4, 0.5) is 0 Å². The predicted octanol–water partition coefficient (Wildman–Crippen LogP) is 4.53. The molecule has 0 spiro atoms. The first-order valence-electron chi connectivity index (χ1n) is 7.34. The van der Waals surface area contributed by atoms with Crippen LogP contribution in [0.3, 0.4) is 0 Å². The summed E-state index contributed by atoms with van der Waals surface area (Å²) < 4.78 is 0. The Bertz CT molecular complexity index is 443. The van der Waals surface area contributed by atoms with Crippen LogP contribution in [0.15, 0.2) is 60.7 Å². The molecular weight excluding hydrogens is 315 g/mol. The highest BCUT2D eigenvalue weighted by molar-refractivity contribution is 5.85. The molecule has 22 heavy (non-hydrogen) atoms. The van der Waals surface area contributed by atoms with Crippen LogP contribution >= 0.6 is 24.8 Å². The first kappa shape index (κ1) is 20.9. The highest BCUT2D eigenvalue weighted by Gasteiger charge is 2.05. The van der Waals surface area contributed by atoms with Crippen LogP contribution in [-0.4, -0.2) is 13.1 Å². The first-order chi connectivity index (χ1) is 9.77. The van der Waals surface area contributed by atoms with E-state index in [0.717, 1.165) is 13.1 Å². The molecule has 2 atom stereocenters. The molecule has 122 valence electrons. The summed E-state index contributed by atoms with van der Waals surface area (Å²) in [5.74, 6) is 0. The van der Waals surface area contributed by atoms with Crippen molar-refractivity contribution in [3.63, 3.8) is 0 Å². The van der Waals surface area contributed by atoms with Gasteiger partial charge < -0.3 is 10.6 Å². The van der Waals surface area contributed by atoms with Crippen molar-refractivity contribution in [3.05, 3.63) is 71.8 Å². The molecule has 0 radical (unpaired) electrons. The molecule has 0 aliphatic carbocycles. The van der Waals surface area contributed by atoms with E-state index < -0.39 is 0 Å². The molecule has 4 heteroatoms. The maximum atomic E-state index is 3.54. The van der Waals surface area contributed by atoms with Gasteiger partial charge in [0.2, 0.25) is 0 Å². The maximum Gasteiger partial charge on any atom is 0.0292 e. The summed E-state index contributed by atoms with van der Waals surface area (Å²) in [7, 11) is 0. The number of hydrogen-bond donors (Lipinski definition) is 2. The summed E-state index contributed by atoms with van der Waals surface area (Å²) in [6.07, 6.45) is 0. The predicted molar refractivity (Wildman–Crippen MR) is 100 cm³/mol. The second-order valence-corrected chi connectivity index (χ2v) is 5.17. The van der Waals surface area contributed by atoms with Crippen molar-refractivity contribution < 1.29 is 0 Å². The van der Waals surface area contributed by atoms with Crippen LogP contribution in [0.2, 0.25) is 0 Å². The van der Waals surface area contributed by atoms with Gasteiger partial charge in [-0.25, -0.2) is 0 Å². The van der Waals surface area contributed by atoms with Crippen LogP contribution in [0.1, 0.15) is 37.1 Å². The van der Waals surface area contributed by atoms with E-state index in [2.05, 4.69) is 85.1 Å². The highest BCUT2D eigenvalue weighted by atomic mass is 35.5. The van der Waals surface area contributed by atoms with E-state index in [1.807, 2.05) is 0 Å². The van der Waals surface area contributed by atoms with Gasteiger partial charge in [0.15, 0.2) is 0 Å². The van der Waals surface area contributed by atoms with Gasteiger partial charge in [0, 0.05) is 25.2 Å². The van der Waals surface area contributed by atoms with Crippen LogP contribution in [0.25, 0.3) is 0 Å². The van der Waals surface area contributed by atoms with Crippen LogP contribution < -0.4 is 10.6 Å². The molecule has 0 saturated carbocycles. The normalized spacial score (nSPS) is 12.6. The molecule has 2 aromatic rings. The Hall–Kier alpha value is -1.06. The lowest BCUT2D eigenvalue weighted by atomic mass is 10.1. The number of hydrogen-bond acceptors (Lipinski definition) is 2. The number of halogens is 2. The summed E-state index contributed by atoms with van der Waals surface area (Å²) in [6, 6.07) is 21.9. The zero-order valence-electron chi connectivity index (χ0n) is 13.2. The monoisotopic (exact) mass is 340 g/mol. The van der Waals surface area contributed by atoms with Gasteiger partial charge in [0.1, 0.15) is 0 Å². The lowest BCUT2D eigenvalue weighted by molar-refractivity contribution is 0.512. The van der Waals surface area contributed by atoms with Gasteiger partial charge in [0.25, 0.3) is 0 Å². The number of rotatable bonds is 7. The minimum Gasteiger partial charge on any atom is -0.309 e. The second-order valence-electron chi connectivity index (χ2n) is 5.17. The fourth-order valence-electron chi connectivity index (χ4n) is 2.30. The molecule has 2 rings (SSSR count). The Morgan fingerprint density at radius 3 is 1.27 bits per heavy atom. The van der Waals surface area contributed by atoms with Crippen molar-refractivity contribution in [2.75, 3.05) is 13.1 Å². The minimum absolute atomic E-state index is 0. The van der Waals surface area contributed by atoms with E-state index in [4.69, 9.17) is 0 Å². The fourth-order valence-corrected chi connectivity index (χ4v) is 2.30. The molecule has 0 aliphatic rings. The molecule has 0 aromatic heterocycles. The third-order valence-corrected chi connectivity index (χ3v) is 3.63. The average Bonchev–Trinajstić information content (AvgIpc) is 2.53. The lowest BCUT2D eigenvalue weighted by Crippen LogP contribution is -2.30. The van der Waals surface area contributed by atoms with Gasteiger partial charge in [-0.1, -0.05) is 60.7 Å². The molecule has 0 fully saturated rings. The Kier molecular flexibility index (Phi) is 10.9. The standard InChI is InChI=1S/C18H24N2.2ClH/c1-15(17-9-5-3-6-10-17)19-13-14-20-16(2)18-11-7-4-8-12-18;;/h3-12,15-16,19-20H,13-14H2,1-2H3;2*1H/t15-,16-;;/m1../s1. The molecule has 0 amide bonds. The topological polar surface area (TPSA) is 24.1 Å². The van der Waals surface area contributed by atoms with Crippen molar-refractivity contribution in [1.29, 1.82) is 0 Å². The van der Waals surface area contributed by atoms with Crippen LogP contribution in [0.5, 0.6) is 0 Å². The largest absolute Gasteiger partial charge is 0.309 e. The average molecular weight is 341 g/mol. The Morgan fingerprint density at radius 2 is 0.955 bits per heavy atom. The minimum atomic E-state index is 0. The number of nitrogens with one attached hydrogen (secondary N) is 2. The Balaban J connectivity index is 0.00000220. The smallest absolute Gasteiger partial charge is 0.0292 e. The second kappa shape index (κ2) is 11.5. The van der Waals surface area contributed by atoms with Gasteiger partial charge in [-0.3, -0.25) is 0 Å². The van der Waals surface area contributed by atoms with Gasteiger partial charge in [-0.15, -0.1) is 24.8 Å². The van der Waals surface area contributed by atoms with E-state index in [9.17, 15) is 0 Å². The van der Waals surface area contributed by atoms with Crippen molar-refractivity contribution in [1.82, 2.24) is 10.6 Å². The SMILES string of the molecule is C[C@@H](NCCN[C@H](C)c1ccccc1)c1ccccc1.Cl.Cl. The summed E-state index contributed by atoms with van der Waals surface area (Å²) in [5, 5.41) is 7.09. The van der Waals surface area contributed by atoms with Crippen LogP contribution in [0, 0.1) is 0 Å². The van der Waals surface area contributed by atoms with E-state index >= 15 is 0 Å². The van der Waals surface area contributed by atoms with Crippen molar-refractivity contribution in [2.24, 2.45) is 0 Å². The number of benzene rings is 2. The zero-order chi connectivity index (χ0) is 14.2. The summed E-state index contributed by atoms with van der Waals surface area (Å²) >= 11 is 0. The van der Waals surface area contributed by atoms with Crippen molar-refractivity contribution in [3.8, 4) is 0 Å². The summed E-state index contributed by atoms with van der Waals surface area (Å²) in [6.45, 7) is 6.34. The first-order valence-corrected chi connectivity index (χ1v) is 7.34. The zero-order valence-corrected chi connectivity index (χ0v) is 14.8. The molecular formula is C18H26Cl2N2. The maximum absolute atomic E-state index is 3.54. The lowest BCUT2D eigenvalue weighted by Gasteiger charge is -2.17. The Labute approximate surface area is 146 Å². The van der Waals surface area contributed by atoms with E-state index in [1.54, 1.807) is 0 Å². The van der Waals surface area contributed by atoms with Gasteiger partial charge >= 0.3 is 0 Å². The quantitative estimate of drug-likeness (QED) is 0.723. The molecule has 2 N–H and O–H groups in total. The van der Waals surface area contributed by atoms with Gasteiger partial charge in [-0.2, -0.15) is 0 Å². The molecule has 0 unspecified atom stereocenters. The summed E-state index contributed by atoms with van der Waals surface area (Å²) in [5.41, 5.74) is 2.67. The molecule has 0 bridgehead atoms. The third-order valence-electron chi connectivity index (χ3n) is 3.63. The van der Waals surface area contributed by atoms with E-state index in [1.165, 1.54) is 11.1 Å². The van der Waals surface area contributed by atoms with Crippen molar-refractivity contribution in [2.45, 2.75) is 25.9 Å². The molecule has 2 aromatic carbocycles. The van der Waals surface area contributed by atoms with E-state index in [-0.39, 0.29) is 24.8 Å².